The van der Waals surface area contributed by atoms with Gasteiger partial charge in [0.1, 0.15) is 30.5 Å². The van der Waals surface area contributed by atoms with Crippen LogP contribution in [0.25, 0.3) is 0 Å². The number of nitrogens with two attached hydrogens (primary N) is 1. The topological polar surface area (TPSA) is 114 Å². The Hall–Kier alpha value is -0.930. The number of hydrogen-bond acceptors (Lipinski definition) is 7. The van der Waals surface area contributed by atoms with E-state index in [0.717, 1.165) is 0 Å². The first kappa shape index (κ1) is 12.1. The molecule has 0 spiro atoms. The highest BCUT2D eigenvalue weighted by atomic mass is 16.7. The van der Waals surface area contributed by atoms with Crippen molar-refractivity contribution in [1.82, 2.24) is 4.90 Å². The van der Waals surface area contributed by atoms with Crippen LogP contribution in [0.3, 0.4) is 0 Å². The van der Waals surface area contributed by atoms with Gasteiger partial charge in [-0.25, -0.2) is 4.79 Å². The largest absolute Gasteiger partial charge is 0.448 e. The zero-order valence-corrected chi connectivity index (χ0v) is 9.69. The summed E-state index contributed by atoms with van der Waals surface area (Å²) in [6.45, 7) is 0.740. The summed E-state index contributed by atoms with van der Waals surface area (Å²) < 4.78 is 15.8. The summed E-state index contributed by atoms with van der Waals surface area (Å²) in [6.07, 6.45) is -3.68. The summed E-state index contributed by atoms with van der Waals surface area (Å²) in [7, 11) is 0. The normalized spacial score (nSPS) is 47.5. The Morgan fingerprint density at radius 2 is 2.28 bits per heavy atom. The number of rotatable bonds is 2. The molecule has 2 bridgehead atoms. The van der Waals surface area contributed by atoms with E-state index in [4.69, 9.17) is 19.9 Å². The summed E-state index contributed by atoms with van der Waals surface area (Å²) in [5, 5.41) is 20.3. The molecule has 0 aromatic rings. The third kappa shape index (κ3) is 1.47. The van der Waals surface area contributed by atoms with E-state index in [9.17, 15) is 15.0 Å². The molecule has 0 radical (unpaired) electrons. The molecule has 3 rings (SSSR count). The first-order valence-corrected chi connectivity index (χ1v) is 5.88. The molecule has 18 heavy (non-hydrogen) atoms. The summed E-state index contributed by atoms with van der Waals surface area (Å²) in [5.74, 6) is 0. The van der Waals surface area contributed by atoms with E-state index < -0.39 is 36.2 Å². The fourth-order valence-electron chi connectivity index (χ4n) is 2.74. The number of carbonyl (C=O) groups is 1. The van der Waals surface area contributed by atoms with Crippen LogP contribution in [0.4, 0.5) is 4.79 Å². The SMILES string of the molecule is NCC12COC(O1)C(N1CCOC1=O)[C@@H](O)[C@H]2O. The molecule has 3 heterocycles. The molecule has 0 saturated carbocycles. The standard InChI is InChI=1S/C10H16N2O6/c11-3-10-4-17-8(18-10)5(6(13)7(10)14)12-1-2-16-9(12)15/h5-8,13-14H,1-4,11H2/t5?,6-,7-,8?,10?/m1/s1. The van der Waals surface area contributed by atoms with Gasteiger partial charge in [0.05, 0.1) is 13.2 Å². The van der Waals surface area contributed by atoms with Gasteiger partial charge >= 0.3 is 6.09 Å². The number of aliphatic hydroxyl groups excluding tert-OH is 2. The predicted molar refractivity (Wildman–Crippen MR) is 56.5 cm³/mol. The van der Waals surface area contributed by atoms with Crippen LogP contribution >= 0.6 is 0 Å². The Kier molecular flexibility index (Phi) is 2.72. The van der Waals surface area contributed by atoms with Crippen molar-refractivity contribution < 1.29 is 29.2 Å². The molecule has 0 aromatic heterocycles. The number of ether oxygens (including phenoxy) is 3. The average molecular weight is 260 g/mol. The molecule has 102 valence electrons. The average Bonchev–Trinajstić information content (AvgIpc) is 2.95. The van der Waals surface area contributed by atoms with Crippen LogP contribution in [0, 0.1) is 0 Å². The Balaban J connectivity index is 1.87. The van der Waals surface area contributed by atoms with Crippen molar-refractivity contribution in [2.75, 3.05) is 26.3 Å². The van der Waals surface area contributed by atoms with Crippen molar-refractivity contribution in [3.63, 3.8) is 0 Å². The Bertz CT molecular complexity index is 366. The molecule has 8 nitrogen and oxygen atoms in total. The van der Waals surface area contributed by atoms with E-state index in [1.54, 1.807) is 0 Å². The summed E-state index contributed by atoms with van der Waals surface area (Å²) >= 11 is 0. The summed E-state index contributed by atoms with van der Waals surface area (Å²) in [4.78, 5) is 12.8. The monoisotopic (exact) mass is 260 g/mol. The second-order valence-electron chi connectivity index (χ2n) is 4.80. The zero-order valence-electron chi connectivity index (χ0n) is 9.69. The van der Waals surface area contributed by atoms with Gasteiger partial charge in [-0.05, 0) is 0 Å². The molecule has 3 aliphatic heterocycles. The van der Waals surface area contributed by atoms with Gasteiger partial charge in [-0.1, -0.05) is 0 Å². The van der Waals surface area contributed by atoms with E-state index in [1.165, 1.54) is 4.90 Å². The molecule has 8 heteroatoms. The number of carbonyl (C=O) groups excluding carboxylic acids is 1. The molecule has 3 saturated heterocycles. The van der Waals surface area contributed by atoms with Crippen LogP contribution in [0.15, 0.2) is 0 Å². The molecule has 1 amide bonds. The number of aliphatic hydroxyl groups is 2. The van der Waals surface area contributed by atoms with Gasteiger partial charge in [0.25, 0.3) is 0 Å². The second kappa shape index (κ2) is 4.04. The van der Waals surface area contributed by atoms with Crippen LogP contribution in [0.2, 0.25) is 0 Å². The summed E-state index contributed by atoms with van der Waals surface area (Å²) in [6, 6.07) is -0.767. The van der Waals surface area contributed by atoms with Gasteiger partial charge in [-0.2, -0.15) is 0 Å². The van der Waals surface area contributed by atoms with Crippen molar-refractivity contribution in [2.45, 2.75) is 30.1 Å². The highest BCUT2D eigenvalue weighted by Crippen LogP contribution is 2.38. The van der Waals surface area contributed by atoms with E-state index in [1.807, 2.05) is 0 Å². The quantitative estimate of drug-likeness (QED) is 0.507. The summed E-state index contributed by atoms with van der Waals surface area (Å²) in [5.41, 5.74) is 4.49. The molecule has 0 aromatic carbocycles. The smallest absolute Gasteiger partial charge is 0.410 e. The maximum Gasteiger partial charge on any atom is 0.410 e. The molecular weight excluding hydrogens is 244 g/mol. The Morgan fingerprint density at radius 3 is 2.89 bits per heavy atom. The van der Waals surface area contributed by atoms with Gasteiger partial charge in [0.2, 0.25) is 0 Å². The van der Waals surface area contributed by atoms with Crippen molar-refractivity contribution in [2.24, 2.45) is 5.73 Å². The number of nitrogens with zero attached hydrogens (tertiary/aromatic N) is 1. The van der Waals surface area contributed by atoms with Crippen LogP contribution < -0.4 is 5.73 Å². The first-order valence-electron chi connectivity index (χ1n) is 5.88. The van der Waals surface area contributed by atoms with Crippen molar-refractivity contribution in [3.05, 3.63) is 0 Å². The molecule has 3 fully saturated rings. The highest BCUT2D eigenvalue weighted by molar-refractivity contribution is 5.70. The third-order valence-corrected chi connectivity index (χ3v) is 3.83. The predicted octanol–water partition coefficient (Wildman–Crippen LogP) is -2.39. The minimum atomic E-state index is -1.19. The minimum Gasteiger partial charge on any atom is -0.448 e. The van der Waals surface area contributed by atoms with Gasteiger partial charge in [-0.15, -0.1) is 0 Å². The fraction of sp³-hybridized carbons (Fsp3) is 0.900. The van der Waals surface area contributed by atoms with Crippen LogP contribution in [0.1, 0.15) is 0 Å². The van der Waals surface area contributed by atoms with Gasteiger partial charge < -0.3 is 30.2 Å². The van der Waals surface area contributed by atoms with E-state index in [2.05, 4.69) is 0 Å². The van der Waals surface area contributed by atoms with Crippen molar-refractivity contribution in [1.29, 1.82) is 0 Å². The molecule has 3 unspecified atom stereocenters. The van der Waals surface area contributed by atoms with E-state index in [0.29, 0.717) is 6.54 Å². The molecular formula is C10H16N2O6. The highest BCUT2D eigenvalue weighted by Gasteiger charge is 2.61. The number of fused-ring (bicyclic) bond motifs is 2. The maximum absolute atomic E-state index is 11.5. The van der Waals surface area contributed by atoms with Crippen molar-refractivity contribution >= 4 is 6.09 Å². The van der Waals surface area contributed by atoms with Crippen LogP contribution in [-0.4, -0.2) is 77.7 Å². The number of cyclic esters (lactones) is 1. The molecule has 0 aliphatic carbocycles. The fourth-order valence-corrected chi connectivity index (χ4v) is 2.74. The molecule has 3 aliphatic rings. The lowest BCUT2D eigenvalue weighted by molar-refractivity contribution is -0.234. The van der Waals surface area contributed by atoms with Gasteiger partial charge in [0, 0.05) is 6.54 Å². The van der Waals surface area contributed by atoms with E-state index >= 15 is 0 Å². The Labute approximate surface area is 103 Å². The number of amides is 1. The molecule has 4 N–H and O–H groups in total. The lowest BCUT2D eigenvalue weighted by Crippen LogP contribution is -2.67. The lowest BCUT2D eigenvalue weighted by atomic mass is 9.87. The van der Waals surface area contributed by atoms with Gasteiger partial charge in [0.15, 0.2) is 6.29 Å². The third-order valence-electron chi connectivity index (χ3n) is 3.83. The van der Waals surface area contributed by atoms with E-state index in [-0.39, 0.29) is 19.8 Å². The van der Waals surface area contributed by atoms with Gasteiger partial charge in [-0.3, -0.25) is 4.90 Å². The minimum absolute atomic E-state index is 0.0406. The number of hydrogen-bond donors (Lipinski definition) is 3. The zero-order chi connectivity index (χ0) is 12.9. The Morgan fingerprint density at radius 1 is 1.50 bits per heavy atom. The lowest BCUT2D eigenvalue weighted by Gasteiger charge is -2.44. The maximum atomic E-state index is 11.5. The first-order chi connectivity index (χ1) is 8.59. The second-order valence-corrected chi connectivity index (χ2v) is 4.80. The molecule has 5 atom stereocenters. The van der Waals surface area contributed by atoms with Crippen LogP contribution in [0.5, 0.6) is 0 Å². The van der Waals surface area contributed by atoms with Crippen molar-refractivity contribution in [3.8, 4) is 0 Å². The van der Waals surface area contributed by atoms with Crippen LogP contribution in [-0.2, 0) is 14.2 Å².